The topological polar surface area (TPSA) is 91.2 Å². The van der Waals surface area contributed by atoms with E-state index in [0.29, 0.717) is 30.6 Å². The molecule has 3 aromatic rings. The third-order valence-corrected chi connectivity index (χ3v) is 5.46. The van der Waals surface area contributed by atoms with Gasteiger partial charge in [0, 0.05) is 63.7 Å². The van der Waals surface area contributed by atoms with E-state index in [0.717, 1.165) is 17.9 Å². The number of alkyl halides is 2. The van der Waals surface area contributed by atoms with Crippen LogP contribution in [0.25, 0.3) is 16.7 Å². The van der Waals surface area contributed by atoms with Crippen molar-refractivity contribution in [3.8, 4) is 11.7 Å². The monoisotopic (exact) mass is 445 g/mol. The first-order valence-electron chi connectivity index (χ1n) is 10.4. The summed E-state index contributed by atoms with van der Waals surface area (Å²) in [6.45, 7) is 4.13. The summed E-state index contributed by atoms with van der Waals surface area (Å²) in [4.78, 5) is 23.8. The van der Waals surface area contributed by atoms with Gasteiger partial charge >= 0.3 is 5.92 Å². The van der Waals surface area contributed by atoms with Crippen molar-refractivity contribution in [3.05, 3.63) is 35.9 Å². The van der Waals surface area contributed by atoms with E-state index >= 15 is 0 Å². The molecule has 32 heavy (non-hydrogen) atoms. The van der Waals surface area contributed by atoms with Crippen molar-refractivity contribution in [1.29, 1.82) is 0 Å². The highest BCUT2D eigenvalue weighted by atomic mass is 19.3. The summed E-state index contributed by atoms with van der Waals surface area (Å²) in [6, 6.07) is 3.24. The van der Waals surface area contributed by atoms with E-state index in [9.17, 15) is 13.6 Å². The number of fused-ring (bicyclic) bond motifs is 1. The minimum Gasteiger partial charge on any atom is -0.474 e. The van der Waals surface area contributed by atoms with Crippen molar-refractivity contribution in [2.45, 2.75) is 58.2 Å². The van der Waals surface area contributed by atoms with Gasteiger partial charge in [0.1, 0.15) is 17.7 Å². The average Bonchev–Trinajstić information content (AvgIpc) is 3.07. The molecule has 1 aliphatic carbocycles. The van der Waals surface area contributed by atoms with Gasteiger partial charge in [-0.2, -0.15) is 13.8 Å². The summed E-state index contributed by atoms with van der Waals surface area (Å²) in [5.41, 5.74) is 1.65. The SMILES string of the molecule is CCc1cn(-c2cc(OC3CC(OC)C3)nc(C(C)(F)F)n2)c2cc(NC(C)=O)ncc12. The Morgan fingerprint density at radius 3 is 2.66 bits per heavy atom. The van der Waals surface area contributed by atoms with Gasteiger partial charge in [0.25, 0.3) is 0 Å². The number of aromatic nitrogens is 4. The molecule has 10 heteroatoms. The number of hydrogen-bond donors (Lipinski definition) is 1. The average molecular weight is 445 g/mol. The van der Waals surface area contributed by atoms with Crippen molar-refractivity contribution in [1.82, 2.24) is 19.5 Å². The molecular weight excluding hydrogens is 420 g/mol. The number of aryl methyl sites for hydroxylation is 1. The number of hydrogen-bond acceptors (Lipinski definition) is 6. The number of nitrogens with one attached hydrogen (secondary N) is 1. The molecular formula is C22H25F2N5O3. The van der Waals surface area contributed by atoms with Crippen LogP contribution in [0.2, 0.25) is 0 Å². The lowest BCUT2D eigenvalue weighted by Crippen LogP contribution is -2.39. The number of pyridine rings is 1. The van der Waals surface area contributed by atoms with E-state index in [1.165, 1.54) is 6.92 Å². The number of carbonyl (C=O) groups is 1. The zero-order valence-corrected chi connectivity index (χ0v) is 18.4. The molecule has 0 saturated heterocycles. The minimum atomic E-state index is -3.25. The fraction of sp³-hybridized carbons (Fsp3) is 0.455. The highest BCUT2D eigenvalue weighted by Gasteiger charge is 2.33. The van der Waals surface area contributed by atoms with Crippen LogP contribution in [0.5, 0.6) is 5.88 Å². The fourth-order valence-electron chi connectivity index (χ4n) is 3.68. The van der Waals surface area contributed by atoms with Crippen LogP contribution < -0.4 is 10.1 Å². The molecule has 3 heterocycles. The van der Waals surface area contributed by atoms with Crippen LogP contribution in [0, 0.1) is 0 Å². The number of carbonyl (C=O) groups excluding carboxylic acids is 1. The summed E-state index contributed by atoms with van der Waals surface area (Å²) in [5, 5.41) is 3.49. The third-order valence-electron chi connectivity index (χ3n) is 5.46. The molecule has 1 N–H and O–H groups in total. The van der Waals surface area contributed by atoms with Gasteiger partial charge in [0.2, 0.25) is 17.6 Å². The minimum absolute atomic E-state index is 0.0853. The second-order valence-electron chi connectivity index (χ2n) is 7.99. The summed E-state index contributed by atoms with van der Waals surface area (Å²) in [5.74, 6) is -3.43. The molecule has 0 aliphatic heterocycles. The second-order valence-corrected chi connectivity index (χ2v) is 7.99. The van der Waals surface area contributed by atoms with E-state index in [2.05, 4.69) is 20.3 Å². The Balaban J connectivity index is 1.80. The number of nitrogens with zero attached hydrogens (tertiary/aromatic N) is 4. The second kappa shape index (κ2) is 8.42. The van der Waals surface area contributed by atoms with E-state index < -0.39 is 11.7 Å². The zero-order chi connectivity index (χ0) is 23.0. The Morgan fingerprint density at radius 1 is 1.28 bits per heavy atom. The van der Waals surface area contributed by atoms with E-state index in [-0.39, 0.29) is 29.8 Å². The van der Waals surface area contributed by atoms with Gasteiger partial charge in [-0.25, -0.2) is 9.97 Å². The van der Waals surface area contributed by atoms with Gasteiger partial charge in [0.15, 0.2) is 0 Å². The maximum Gasteiger partial charge on any atom is 0.304 e. The smallest absolute Gasteiger partial charge is 0.304 e. The molecule has 0 bridgehead atoms. The molecule has 1 saturated carbocycles. The Kier molecular flexibility index (Phi) is 5.81. The van der Waals surface area contributed by atoms with Crippen molar-refractivity contribution in [3.63, 3.8) is 0 Å². The lowest BCUT2D eigenvalue weighted by molar-refractivity contribution is -0.114. The molecule has 1 fully saturated rings. The van der Waals surface area contributed by atoms with Crippen molar-refractivity contribution in [2.75, 3.05) is 12.4 Å². The predicted molar refractivity (Wildman–Crippen MR) is 114 cm³/mol. The normalized spacial score (nSPS) is 18.4. The number of halogens is 2. The molecule has 1 aliphatic rings. The van der Waals surface area contributed by atoms with Crippen molar-refractivity contribution in [2.24, 2.45) is 0 Å². The van der Waals surface area contributed by atoms with Crippen LogP contribution in [0.1, 0.15) is 45.0 Å². The molecule has 3 aromatic heterocycles. The Hall–Kier alpha value is -3.14. The first kappa shape index (κ1) is 22.1. The van der Waals surface area contributed by atoms with E-state index in [4.69, 9.17) is 9.47 Å². The quantitative estimate of drug-likeness (QED) is 0.591. The van der Waals surface area contributed by atoms with Crippen LogP contribution >= 0.6 is 0 Å². The predicted octanol–water partition coefficient (Wildman–Crippen LogP) is 4.00. The van der Waals surface area contributed by atoms with Gasteiger partial charge < -0.3 is 19.4 Å². The first-order chi connectivity index (χ1) is 15.2. The number of rotatable bonds is 7. The Morgan fingerprint density at radius 2 is 2.03 bits per heavy atom. The van der Waals surface area contributed by atoms with Crippen molar-refractivity contribution < 1.29 is 23.0 Å². The van der Waals surface area contributed by atoms with Gasteiger partial charge in [-0.3, -0.25) is 4.79 Å². The zero-order valence-electron chi connectivity index (χ0n) is 18.4. The fourth-order valence-corrected chi connectivity index (χ4v) is 3.68. The van der Waals surface area contributed by atoms with E-state index in [1.54, 1.807) is 30.0 Å². The van der Waals surface area contributed by atoms with Crippen LogP contribution in [-0.2, 0) is 21.9 Å². The summed E-state index contributed by atoms with van der Waals surface area (Å²) in [6.07, 6.45) is 5.49. The molecule has 0 atom stereocenters. The lowest BCUT2D eigenvalue weighted by Gasteiger charge is -2.33. The number of ether oxygens (including phenoxy) is 2. The van der Waals surface area contributed by atoms with Crippen molar-refractivity contribution >= 4 is 22.6 Å². The van der Waals surface area contributed by atoms with Gasteiger partial charge in [-0.1, -0.05) is 6.92 Å². The van der Waals surface area contributed by atoms with Crippen LogP contribution in [-0.4, -0.2) is 44.7 Å². The molecule has 0 unspecified atom stereocenters. The highest BCUT2D eigenvalue weighted by molar-refractivity contribution is 5.92. The lowest BCUT2D eigenvalue weighted by atomic mass is 9.92. The largest absolute Gasteiger partial charge is 0.474 e. The summed E-state index contributed by atoms with van der Waals surface area (Å²) in [7, 11) is 1.63. The standard InChI is InChI=1S/C22H25F2N5O3/c1-5-13-11-29(17-8-18(26-12(2)30)25-10-16(13)17)19-9-20(28-21(27-19)22(3,23)24)32-15-6-14(7-15)31-4/h8-11,14-15H,5-7H2,1-4H3,(H,25,26,30). The molecule has 0 spiro atoms. The number of anilines is 1. The van der Waals surface area contributed by atoms with E-state index in [1.807, 2.05) is 13.1 Å². The summed E-state index contributed by atoms with van der Waals surface area (Å²) >= 11 is 0. The highest BCUT2D eigenvalue weighted by Crippen LogP contribution is 2.32. The number of amides is 1. The molecule has 4 rings (SSSR count). The molecule has 0 radical (unpaired) electrons. The van der Waals surface area contributed by atoms with Crippen LogP contribution in [0.4, 0.5) is 14.6 Å². The van der Waals surface area contributed by atoms with Gasteiger partial charge in [0.05, 0.1) is 11.6 Å². The Labute approximate surface area is 184 Å². The number of methoxy groups -OCH3 is 1. The maximum absolute atomic E-state index is 14.2. The Bertz CT molecular complexity index is 1150. The summed E-state index contributed by atoms with van der Waals surface area (Å²) < 4.78 is 41.2. The van der Waals surface area contributed by atoms with Crippen LogP contribution in [0.3, 0.4) is 0 Å². The van der Waals surface area contributed by atoms with Gasteiger partial charge in [-0.15, -0.1) is 0 Å². The van der Waals surface area contributed by atoms with Crippen LogP contribution in [0.15, 0.2) is 24.5 Å². The maximum atomic E-state index is 14.2. The molecule has 1 amide bonds. The van der Waals surface area contributed by atoms with Gasteiger partial charge in [-0.05, 0) is 12.0 Å². The first-order valence-corrected chi connectivity index (χ1v) is 10.4. The molecule has 8 nitrogen and oxygen atoms in total. The third kappa shape index (κ3) is 4.40. The molecule has 170 valence electrons. The molecule has 0 aromatic carbocycles.